The van der Waals surface area contributed by atoms with Crippen molar-refractivity contribution in [1.82, 2.24) is 19.5 Å². The molecular weight excluding hydrogens is 381 g/mol. The van der Waals surface area contributed by atoms with E-state index in [1.54, 1.807) is 6.92 Å². The average Bonchev–Trinajstić information content (AvgIpc) is 3.03. The third-order valence-corrected chi connectivity index (χ3v) is 4.86. The Morgan fingerprint density at radius 2 is 2.11 bits per heavy atom. The van der Waals surface area contributed by atoms with E-state index in [9.17, 15) is 14.3 Å². The third-order valence-electron chi connectivity index (χ3n) is 3.86. The van der Waals surface area contributed by atoms with Gasteiger partial charge in [0.15, 0.2) is 11.2 Å². The Morgan fingerprint density at radius 3 is 2.70 bits per heavy atom. The van der Waals surface area contributed by atoms with Crippen LogP contribution in [0.2, 0.25) is 0 Å². The maximum absolute atomic E-state index is 11.9. The van der Waals surface area contributed by atoms with Crippen molar-refractivity contribution in [2.45, 2.75) is 38.7 Å². The molecule has 2 rings (SSSR count). The van der Waals surface area contributed by atoms with E-state index < -0.39 is 31.8 Å². The van der Waals surface area contributed by atoms with E-state index in [1.807, 2.05) is 6.92 Å². The number of nitrogens with zero attached hydrogens (tertiary/aromatic N) is 3. The fourth-order valence-corrected chi connectivity index (χ4v) is 3.18. The van der Waals surface area contributed by atoms with Crippen molar-refractivity contribution in [1.29, 1.82) is 0 Å². The minimum atomic E-state index is -4.24. The summed E-state index contributed by atoms with van der Waals surface area (Å²) in [5.41, 5.74) is 5.51. The number of nitrogens with two attached hydrogens (primary N) is 1. The highest BCUT2D eigenvalue weighted by Gasteiger charge is 2.32. The lowest BCUT2D eigenvalue weighted by Gasteiger charge is -2.29. The van der Waals surface area contributed by atoms with Gasteiger partial charge in [0.1, 0.15) is 12.3 Å². The van der Waals surface area contributed by atoms with E-state index in [1.165, 1.54) is 18.0 Å². The van der Waals surface area contributed by atoms with Crippen LogP contribution in [0.3, 0.4) is 0 Å². The number of aromatic nitrogens is 4. The molecule has 0 saturated heterocycles. The summed E-state index contributed by atoms with van der Waals surface area (Å²) < 4.78 is 34.0. The van der Waals surface area contributed by atoms with Crippen LogP contribution < -0.4 is 11.3 Å². The first kappa shape index (κ1) is 21.5. The molecule has 0 amide bonds. The predicted octanol–water partition coefficient (Wildman–Crippen LogP) is 0.794. The van der Waals surface area contributed by atoms with E-state index in [-0.39, 0.29) is 23.7 Å². The molecule has 152 valence electrons. The van der Waals surface area contributed by atoms with Crippen LogP contribution >= 0.6 is 7.82 Å². The number of hydrogen-bond donors (Lipinski definition) is 3. The Kier molecular flexibility index (Phi) is 7.09. The van der Waals surface area contributed by atoms with Gasteiger partial charge in [-0.1, -0.05) is 6.92 Å². The number of aromatic amines is 1. The fraction of sp³-hybridized carbons (Fsp3) is 0.643. The number of nitrogen functional groups attached to an aromatic ring is 1. The van der Waals surface area contributed by atoms with Crippen LogP contribution in [0.25, 0.3) is 11.2 Å². The number of fused-ring (bicyclic) bond motifs is 1. The molecule has 4 atom stereocenters. The molecule has 0 saturated carbocycles. The van der Waals surface area contributed by atoms with Gasteiger partial charge < -0.3 is 20.1 Å². The Balaban J connectivity index is 2.26. The fourth-order valence-electron chi connectivity index (χ4n) is 2.56. The van der Waals surface area contributed by atoms with Crippen molar-refractivity contribution in [3.05, 3.63) is 16.7 Å². The van der Waals surface area contributed by atoms with Crippen LogP contribution in [-0.4, -0.2) is 57.4 Å². The maximum atomic E-state index is 11.9. The lowest BCUT2D eigenvalue weighted by atomic mass is 10.1. The summed E-state index contributed by atoms with van der Waals surface area (Å²) in [4.78, 5) is 32.0. The molecule has 0 aliphatic heterocycles. The molecule has 2 heterocycles. The number of ether oxygens (including phenoxy) is 2. The van der Waals surface area contributed by atoms with Crippen LogP contribution in [0.5, 0.6) is 0 Å². The first-order chi connectivity index (χ1) is 12.7. The number of nitrogens with one attached hydrogen (secondary N) is 1. The van der Waals surface area contributed by atoms with Crippen molar-refractivity contribution >= 4 is 24.9 Å². The monoisotopic (exact) mass is 405 g/mol. The minimum Gasteiger partial charge on any atom is -0.382 e. The lowest BCUT2D eigenvalue weighted by Crippen LogP contribution is -2.36. The Labute approximate surface area is 155 Å². The smallest absolute Gasteiger partial charge is 0.382 e. The van der Waals surface area contributed by atoms with Gasteiger partial charge in [-0.05, 0) is 13.3 Å². The number of imidazole rings is 1. The third kappa shape index (κ3) is 5.12. The van der Waals surface area contributed by atoms with E-state index in [2.05, 4.69) is 19.5 Å². The summed E-state index contributed by atoms with van der Waals surface area (Å²) in [7, 11) is -1.73. The zero-order valence-electron chi connectivity index (χ0n) is 15.5. The summed E-state index contributed by atoms with van der Waals surface area (Å²) >= 11 is 0. The average molecular weight is 405 g/mol. The van der Waals surface area contributed by atoms with E-state index >= 15 is 0 Å². The number of H-pyrrole nitrogens is 1. The topological polar surface area (TPSA) is 164 Å². The van der Waals surface area contributed by atoms with Crippen molar-refractivity contribution in [3.8, 4) is 0 Å². The molecule has 0 aliphatic rings. The normalized spacial score (nSPS) is 17.5. The van der Waals surface area contributed by atoms with Crippen molar-refractivity contribution in [2.24, 2.45) is 0 Å². The van der Waals surface area contributed by atoms with Gasteiger partial charge in [-0.15, -0.1) is 0 Å². The summed E-state index contributed by atoms with van der Waals surface area (Å²) in [5.74, 6) is -0.0459. The first-order valence-electron chi connectivity index (χ1n) is 8.16. The largest absolute Gasteiger partial charge is 0.472 e. The van der Waals surface area contributed by atoms with Crippen LogP contribution in [0.1, 0.15) is 26.5 Å². The van der Waals surface area contributed by atoms with E-state index in [0.717, 1.165) is 7.11 Å². The highest BCUT2D eigenvalue weighted by molar-refractivity contribution is 7.47. The molecule has 4 N–H and O–H groups in total. The standard InChI is InChI=1S/C14H24N5O7P/c1-5-9(10(6-23-3)26-27(21,22)24-4)25-8(2)19-7-16-11-12(19)17-14(15)18-13(11)20/h7-10H,5-6H2,1-4H3,(H,21,22)(H3,15,17,18,20)/t8?,9-,10?/m0/s1. The van der Waals surface area contributed by atoms with E-state index in [4.69, 9.17) is 19.7 Å². The van der Waals surface area contributed by atoms with Gasteiger partial charge in [0.25, 0.3) is 5.56 Å². The number of hydrogen-bond acceptors (Lipinski definition) is 9. The van der Waals surface area contributed by atoms with Crippen LogP contribution in [-0.2, 0) is 23.1 Å². The van der Waals surface area contributed by atoms with Gasteiger partial charge in [-0.2, -0.15) is 4.98 Å². The Morgan fingerprint density at radius 1 is 1.41 bits per heavy atom. The highest BCUT2D eigenvalue weighted by Crippen LogP contribution is 2.44. The molecule has 27 heavy (non-hydrogen) atoms. The molecule has 0 aliphatic carbocycles. The van der Waals surface area contributed by atoms with Crippen molar-refractivity contribution < 1.29 is 28.0 Å². The molecule has 0 spiro atoms. The van der Waals surface area contributed by atoms with Crippen LogP contribution in [0.4, 0.5) is 5.95 Å². The number of methoxy groups -OCH3 is 1. The number of rotatable bonds is 10. The van der Waals surface area contributed by atoms with Gasteiger partial charge in [0.05, 0.1) is 19.0 Å². The quantitative estimate of drug-likeness (QED) is 0.481. The molecule has 12 nitrogen and oxygen atoms in total. The van der Waals surface area contributed by atoms with Gasteiger partial charge in [0, 0.05) is 14.2 Å². The highest BCUT2D eigenvalue weighted by atomic mass is 31.2. The maximum Gasteiger partial charge on any atom is 0.472 e. The van der Waals surface area contributed by atoms with Crippen LogP contribution in [0, 0.1) is 0 Å². The molecule has 0 radical (unpaired) electrons. The molecule has 0 bridgehead atoms. The molecule has 0 fully saturated rings. The molecule has 2 aromatic rings. The van der Waals surface area contributed by atoms with E-state index in [0.29, 0.717) is 6.42 Å². The molecule has 13 heteroatoms. The summed E-state index contributed by atoms with van der Waals surface area (Å²) in [6.45, 7) is 3.54. The van der Waals surface area contributed by atoms with Crippen molar-refractivity contribution in [2.75, 3.05) is 26.6 Å². The first-order valence-corrected chi connectivity index (χ1v) is 9.65. The lowest BCUT2D eigenvalue weighted by molar-refractivity contribution is -0.111. The Bertz CT molecular complexity index is 869. The van der Waals surface area contributed by atoms with Gasteiger partial charge >= 0.3 is 7.82 Å². The molecule has 0 aromatic carbocycles. The second-order valence-electron chi connectivity index (χ2n) is 5.71. The SMILES string of the molecule is CC[C@H](OC(C)n1cnc2c(=O)[nH]c(N)nc21)C(COC)OP(=O)(O)OC. The molecular formula is C14H24N5O7P. The summed E-state index contributed by atoms with van der Waals surface area (Å²) in [6.07, 6.45) is -0.258. The molecule has 3 unspecified atom stereocenters. The van der Waals surface area contributed by atoms with Gasteiger partial charge in [-0.25, -0.2) is 9.55 Å². The van der Waals surface area contributed by atoms with Crippen molar-refractivity contribution in [3.63, 3.8) is 0 Å². The predicted molar refractivity (Wildman–Crippen MR) is 96.0 cm³/mol. The zero-order valence-corrected chi connectivity index (χ0v) is 16.4. The number of anilines is 1. The zero-order chi connectivity index (χ0) is 20.2. The van der Waals surface area contributed by atoms with Crippen LogP contribution in [0.15, 0.2) is 11.1 Å². The minimum absolute atomic E-state index is 0.00861. The number of phosphoric ester groups is 1. The number of phosphoric acid groups is 1. The van der Waals surface area contributed by atoms with Gasteiger partial charge in [-0.3, -0.25) is 23.4 Å². The summed E-state index contributed by atoms with van der Waals surface area (Å²) in [5, 5.41) is 0. The molecule has 2 aromatic heterocycles. The Hall–Kier alpha value is -1.82. The summed E-state index contributed by atoms with van der Waals surface area (Å²) in [6, 6.07) is 0. The second-order valence-corrected chi connectivity index (χ2v) is 7.22. The second kappa shape index (κ2) is 8.91. The van der Waals surface area contributed by atoms with Gasteiger partial charge in [0.2, 0.25) is 5.95 Å².